The number of imidazole rings is 2. The highest BCUT2D eigenvalue weighted by Crippen LogP contribution is 2.40. The van der Waals surface area contributed by atoms with Crippen molar-refractivity contribution in [3.8, 4) is 56.9 Å². The number of rotatable bonds is 14. The maximum absolute atomic E-state index is 13.6. The topological polar surface area (TPSA) is 257 Å². The van der Waals surface area contributed by atoms with Gasteiger partial charge in [0, 0.05) is 117 Å². The highest BCUT2D eigenvalue weighted by atomic mass is 32.1. The largest absolute Gasteiger partial charge is 0.481 e. The van der Waals surface area contributed by atoms with Crippen molar-refractivity contribution in [3.05, 3.63) is 155 Å². The number of fused-ring (bicyclic) bond motifs is 2. The van der Waals surface area contributed by atoms with Crippen molar-refractivity contribution < 1.29 is 39.5 Å². The number of likely N-dealkylation sites (tertiary alicyclic amines) is 1. The number of carbonyl (C=O) groups excluding carboxylic acids is 1. The van der Waals surface area contributed by atoms with Crippen LogP contribution >= 0.6 is 22.7 Å². The van der Waals surface area contributed by atoms with Crippen molar-refractivity contribution in [3.63, 3.8) is 0 Å². The number of nitrogens with one attached hydrogen (secondary N) is 1. The second-order valence-electron chi connectivity index (χ2n) is 24.7. The van der Waals surface area contributed by atoms with Gasteiger partial charge in [0.1, 0.15) is 79.5 Å². The molecule has 0 bridgehead atoms. The average Bonchev–Trinajstić information content (AvgIpc) is 1.61. The van der Waals surface area contributed by atoms with Crippen molar-refractivity contribution in [2.45, 2.75) is 90.3 Å². The molecular formula is C73H79F3N16O5S2. The predicted octanol–water partition coefficient (Wildman–Crippen LogP) is 12.5. The molecule has 8 aromatic heterocycles. The fourth-order valence-electron chi connectivity index (χ4n) is 12.9. The van der Waals surface area contributed by atoms with E-state index in [2.05, 4.69) is 57.8 Å². The van der Waals surface area contributed by atoms with Crippen LogP contribution in [0.1, 0.15) is 87.7 Å². The van der Waals surface area contributed by atoms with Gasteiger partial charge in [0.2, 0.25) is 5.91 Å². The number of pyridine rings is 4. The molecule has 0 radical (unpaired) electrons. The van der Waals surface area contributed by atoms with Crippen LogP contribution in [0.4, 0.5) is 46.7 Å². The second kappa shape index (κ2) is 32.2. The number of piperidine rings is 4. The molecule has 26 heteroatoms. The number of halogens is 3. The molecule has 4 fully saturated rings. The Kier molecular flexibility index (Phi) is 22.5. The molecule has 514 valence electrons. The number of aromatic nitrogens is 8. The summed E-state index contributed by atoms with van der Waals surface area (Å²) in [4.78, 5) is 64.3. The molecule has 14 rings (SSSR count). The fraction of sp³-hybridized carbons (Fsp3) is 0.370. The molecule has 12 heterocycles. The number of aliphatic hydroxyl groups excluding tert-OH is 2. The number of nitriles is 2. The summed E-state index contributed by atoms with van der Waals surface area (Å²) in [6.45, 7) is 10.3. The van der Waals surface area contributed by atoms with Crippen LogP contribution in [-0.2, 0) is 22.4 Å². The maximum Gasteiger partial charge on any atom is 0.306 e. The summed E-state index contributed by atoms with van der Waals surface area (Å²) in [5.74, 6) is 2.02. The first kappa shape index (κ1) is 69.1. The summed E-state index contributed by atoms with van der Waals surface area (Å²) in [6, 6.07) is 32.7. The molecule has 10 aromatic rings. The van der Waals surface area contributed by atoms with E-state index < -0.39 is 13.1 Å². The smallest absolute Gasteiger partial charge is 0.306 e. The Bertz CT molecular complexity index is 4510. The van der Waals surface area contributed by atoms with Gasteiger partial charge in [0.05, 0.1) is 38.0 Å². The molecule has 2 aromatic carbocycles. The minimum atomic E-state index is -1.00. The number of nitrogens with zero attached hydrogens (tertiary/aromatic N) is 15. The zero-order chi connectivity index (χ0) is 70.6. The van der Waals surface area contributed by atoms with E-state index in [1.54, 1.807) is 24.3 Å². The van der Waals surface area contributed by atoms with Crippen LogP contribution in [0.2, 0.25) is 0 Å². The molecule has 0 aliphatic carbocycles. The third-order valence-corrected chi connectivity index (χ3v) is 20.5. The Morgan fingerprint density at radius 2 is 0.970 bits per heavy atom. The number of carboxylic acid groups (broad SMARTS) is 1. The number of carbonyl (C=O) groups is 2. The van der Waals surface area contributed by atoms with E-state index in [1.807, 2.05) is 94.3 Å². The van der Waals surface area contributed by atoms with Crippen LogP contribution in [0.15, 0.2) is 122 Å². The summed E-state index contributed by atoms with van der Waals surface area (Å²) in [7, 11) is 2.83. The molecule has 4 N–H and O–H groups in total. The van der Waals surface area contributed by atoms with Gasteiger partial charge in [0.25, 0.3) is 0 Å². The van der Waals surface area contributed by atoms with Crippen LogP contribution in [-0.4, -0.2) is 157 Å². The van der Waals surface area contributed by atoms with Gasteiger partial charge in [-0.2, -0.15) is 10.5 Å². The Balaban J connectivity index is 0.000000178. The summed E-state index contributed by atoms with van der Waals surface area (Å²) in [5.41, 5.74) is 9.67. The highest BCUT2D eigenvalue weighted by molar-refractivity contribution is 7.17. The number of amides is 1. The monoisotopic (exact) mass is 1380 g/mol. The highest BCUT2D eigenvalue weighted by Gasteiger charge is 2.32. The normalized spacial score (nSPS) is 15.6. The first-order valence-corrected chi connectivity index (χ1v) is 34.8. The first-order valence-electron chi connectivity index (χ1n) is 33.9. The number of aliphatic carboxylic acids is 1. The van der Waals surface area contributed by atoms with E-state index in [0.29, 0.717) is 107 Å². The molecule has 0 spiro atoms. The number of alkyl halides is 1. The van der Waals surface area contributed by atoms with Gasteiger partial charge in [-0.25, -0.2) is 38.7 Å². The number of carboxylic acids is 1. The molecule has 99 heavy (non-hydrogen) atoms. The predicted molar refractivity (Wildman–Crippen MR) is 381 cm³/mol. The van der Waals surface area contributed by atoms with E-state index in [-0.39, 0.29) is 41.6 Å². The van der Waals surface area contributed by atoms with Crippen LogP contribution in [0.3, 0.4) is 0 Å². The third kappa shape index (κ3) is 16.0. The van der Waals surface area contributed by atoms with Crippen LogP contribution in [0.5, 0.6) is 0 Å². The van der Waals surface area contributed by atoms with Crippen LogP contribution in [0.25, 0.3) is 56.1 Å². The van der Waals surface area contributed by atoms with Crippen LogP contribution < -0.4 is 24.9 Å². The van der Waals surface area contributed by atoms with Crippen molar-refractivity contribution in [2.75, 3.05) is 93.2 Å². The van der Waals surface area contributed by atoms with E-state index in [1.165, 1.54) is 46.9 Å². The van der Waals surface area contributed by atoms with Crippen molar-refractivity contribution >= 4 is 79.4 Å². The summed E-state index contributed by atoms with van der Waals surface area (Å²) >= 11 is 2.57. The third-order valence-electron chi connectivity index (χ3n) is 18.5. The fourth-order valence-corrected chi connectivity index (χ4v) is 14.6. The number of hydrogen-bond acceptors (Lipinski definition) is 19. The van der Waals surface area contributed by atoms with Gasteiger partial charge in [-0.1, -0.05) is 36.5 Å². The molecular weight excluding hydrogens is 1300 g/mol. The number of aryl methyl sites for hydroxylation is 2. The number of aliphatic hydroxyl groups is 2. The number of thiazole rings is 2. The Morgan fingerprint density at radius 1 is 0.576 bits per heavy atom. The van der Waals surface area contributed by atoms with Crippen molar-refractivity contribution in [1.29, 1.82) is 10.5 Å². The lowest BCUT2D eigenvalue weighted by Gasteiger charge is -2.36. The molecule has 4 saturated heterocycles. The molecule has 21 nitrogen and oxygen atoms in total. The Labute approximate surface area is 582 Å². The van der Waals surface area contributed by atoms with Crippen molar-refractivity contribution in [1.82, 2.24) is 48.9 Å². The molecule has 0 saturated carbocycles. The maximum atomic E-state index is 13.6. The lowest BCUT2D eigenvalue weighted by molar-refractivity contribution is -0.142. The number of hydrogen-bond donors (Lipinski definition) is 4. The van der Waals surface area contributed by atoms with E-state index in [0.717, 1.165) is 120 Å². The SMILES string of the molecule is CCc1nc2ccc(-c3ccc(N4CCC(C(=O)N5CCC(O)CC5)CC4)nc3)cn2c1N(C)c1nc(-c2ccc(F)cc2)c(C#N)s1.CCc1nc2ccc(-c3ccc(N4CCC(C(=O)O)CC4)nc3)cn2c1N(C)c1nc(-c2ccc(F)cc2)c(C#N)s1.OC1CCNCC1.[2H]CF. The van der Waals surface area contributed by atoms with Crippen LogP contribution in [0, 0.1) is 46.1 Å². The lowest BCUT2D eigenvalue weighted by atomic mass is 9.94. The summed E-state index contributed by atoms with van der Waals surface area (Å²) < 4.78 is 46.7. The summed E-state index contributed by atoms with van der Waals surface area (Å²) in [5, 5.41) is 52.0. The standard InChI is InChI=1S/C36H37FN8O2S.C31H28FN7O2S.C5H11NO.CH3F/c1-3-29-34(42(2)36-41-33(30(20-38)48-36)23-4-8-27(37)9-5-23)45-22-26(7-11-32(45)40-29)25-6-10-31(39-21-25)43-16-12-24(13-17-43)35(47)44-18-14-28(46)15-19-44;1-3-24-29(37(2)31-36-28(25(16-33)42-31)19-4-8-23(32)9-5-19)39-18-22(7-11-27(39)35-24)21-6-10-26(34-17-21)38-14-12-20(13-15-38)30(40)41;7-5-1-3-6-4-2-5;1-2/h4-11,21-22,24,28,46H,3,12-19H2,1-2H3;4-11,17-18,20H,3,12-15H2,1-2H3,(H,40,41);5-7H,1-4H2;1H3/i;;;1D. The van der Waals surface area contributed by atoms with Gasteiger partial charge in [-0.3, -0.25) is 22.8 Å². The molecule has 4 aliphatic heterocycles. The Morgan fingerprint density at radius 3 is 1.33 bits per heavy atom. The minimum absolute atomic E-state index is 0.0266. The zero-order valence-electron chi connectivity index (χ0n) is 56.6. The molecule has 1 amide bonds. The van der Waals surface area contributed by atoms with Gasteiger partial charge in [-0.05, 0) is 174 Å². The van der Waals surface area contributed by atoms with Crippen molar-refractivity contribution in [2.24, 2.45) is 11.8 Å². The van der Waals surface area contributed by atoms with Gasteiger partial charge in [-0.15, -0.1) is 0 Å². The van der Waals surface area contributed by atoms with E-state index >= 15 is 0 Å². The van der Waals surface area contributed by atoms with E-state index in [9.17, 15) is 43.5 Å². The van der Waals surface area contributed by atoms with Gasteiger partial charge >= 0.3 is 5.97 Å². The quantitative estimate of drug-likeness (QED) is 0.0789. The van der Waals surface area contributed by atoms with E-state index in [4.69, 9.17) is 36.4 Å². The summed E-state index contributed by atoms with van der Waals surface area (Å²) in [6.07, 6.45) is 15.0. The van der Waals surface area contributed by atoms with Gasteiger partial charge in [0.15, 0.2) is 10.3 Å². The minimum Gasteiger partial charge on any atom is -0.481 e. The molecule has 0 unspecified atom stereocenters. The average molecular weight is 1380 g/mol. The Hall–Kier alpha value is -9.83. The second-order valence-corrected chi connectivity index (χ2v) is 26.6. The number of anilines is 6. The molecule has 4 aliphatic rings. The lowest BCUT2D eigenvalue weighted by Crippen LogP contribution is -2.46. The number of benzene rings is 2. The molecule has 0 atom stereocenters. The zero-order valence-corrected chi connectivity index (χ0v) is 57.2. The first-order chi connectivity index (χ1) is 48.5. The van der Waals surface area contributed by atoms with Gasteiger partial charge < -0.3 is 45.1 Å².